The summed E-state index contributed by atoms with van der Waals surface area (Å²) < 4.78 is 1.92. The zero-order chi connectivity index (χ0) is 12.0. The fourth-order valence-electron chi connectivity index (χ4n) is 2.05. The lowest BCUT2D eigenvalue weighted by atomic mass is 10.1. The van der Waals surface area contributed by atoms with Gasteiger partial charge in [-0.05, 0) is 46.4 Å². The lowest BCUT2D eigenvalue weighted by molar-refractivity contribution is 1.51. The maximum Gasteiger partial charge on any atom is 0.202 e. The van der Waals surface area contributed by atoms with Gasteiger partial charge in [-0.3, -0.25) is 4.79 Å². The molecule has 0 aliphatic heterocycles. The van der Waals surface area contributed by atoms with Crippen LogP contribution in [0, 0.1) is 10.5 Å². The van der Waals surface area contributed by atoms with Gasteiger partial charge < -0.3 is 0 Å². The summed E-state index contributed by atoms with van der Waals surface area (Å²) in [7, 11) is 0. The van der Waals surface area contributed by atoms with Crippen LogP contribution in [-0.4, -0.2) is 0 Å². The molecule has 3 aromatic rings. The molecular weight excluding hydrogens is 343 g/mol. The van der Waals surface area contributed by atoms with Crippen molar-refractivity contribution in [3.05, 3.63) is 55.1 Å². The van der Waals surface area contributed by atoms with Gasteiger partial charge in [0.2, 0.25) is 5.43 Å². The van der Waals surface area contributed by atoms with Gasteiger partial charge in [0.15, 0.2) is 0 Å². The van der Waals surface area contributed by atoms with Crippen LogP contribution in [0.3, 0.4) is 0 Å². The smallest absolute Gasteiger partial charge is 0.202 e. The number of fused-ring (bicyclic) bond motifs is 3. The lowest BCUT2D eigenvalue weighted by Gasteiger charge is -2.04. The summed E-state index contributed by atoms with van der Waals surface area (Å²) in [5.41, 5.74) is 0.161. The molecular formula is C14H9IOS. The number of halogens is 1. The highest BCUT2D eigenvalue weighted by molar-refractivity contribution is 14.1. The Kier molecular flexibility index (Phi) is 2.67. The van der Waals surface area contributed by atoms with Crippen LogP contribution in [0.2, 0.25) is 0 Å². The van der Waals surface area contributed by atoms with E-state index in [9.17, 15) is 4.79 Å². The molecule has 3 heteroatoms. The average molecular weight is 352 g/mol. The second-order valence-electron chi connectivity index (χ2n) is 3.96. The third kappa shape index (κ3) is 1.68. The van der Waals surface area contributed by atoms with E-state index >= 15 is 0 Å². The van der Waals surface area contributed by atoms with E-state index in [0.29, 0.717) is 0 Å². The Hall–Kier alpha value is -0.940. The molecule has 2 aromatic carbocycles. The summed E-state index contributed by atoms with van der Waals surface area (Å²) in [4.78, 5) is 13.5. The Balaban J connectivity index is 2.67. The Bertz CT molecular complexity index is 789. The molecule has 1 heterocycles. The third-order valence-corrected chi connectivity index (χ3v) is 5.62. The number of benzene rings is 2. The number of hydrogen-bond donors (Lipinski definition) is 0. The second-order valence-corrected chi connectivity index (χ2v) is 6.30. The molecule has 0 fully saturated rings. The minimum absolute atomic E-state index is 0.161. The highest BCUT2D eigenvalue weighted by Gasteiger charge is 2.09. The largest absolute Gasteiger partial charge is 0.288 e. The van der Waals surface area contributed by atoms with E-state index in [1.807, 2.05) is 37.3 Å². The van der Waals surface area contributed by atoms with Crippen molar-refractivity contribution in [1.29, 1.82) is 0 Å². The van der Waals surface area contributed by atoms with Gasteiger partial charge in [-0.15, -0.1) is 11.3 Å². The first-order valence-electron chi connectivity index (χ1n) is 5.29. The Morgan fingerprint density at radius 3 is 2.71 bits per heavy atom. The van der Waals surface area contributed by atoms with Crippen molar-refractivity contribution < 1.29 is 0 Å². The molecule has 0 atom stereocenters. The molecule has 0 unspecified atom stereocenters. The Morgan fingerprint density at radius 2 is 1.88 bits per heavy atom. The highest BCUT2D eigenvalue weighted by atomic mass is 127. The summed E-state index contributed by atoms with van der Waals surface area (Å²) in [6.07, 6.45) is 0. The summed E-state index contributed by atoms with van der Waals surface area (Å²) in [6.45, 7) is 2.00. The van der Waals surface area contributed by atoms with Crippen LogP contribution in [-0.2, 0) is 0 Å². The van der Waals surface area contributed by atoms with Crippen molar-refractivity contribution in [2.75, 3.05) is 0 Å². The van der Waals surface area contributed by atoms with Crippen LogP contribution >= 0.6 is 33.9 Å². The first kappa shape index (κ1) is 11.2. The lowest BCUT2D eigenvalue weighted by Crippen LogP contribution is -2.06. The standard InChI is InChI=1S/C14H9IOS/c1-8-13(15)14(16)12-10-5-3-2-4-9(10)6-7-11(12)17-8/h2-7H,1H3. The maximum absolute atomic E-state index is 12.4. The van der Waals surface area contributed by atoms with Gasteiger partial charge in [0, 0.05) is 15.0 Å². The van der Waals surface area contributed by atoms with Gasteiger partial charge in [0.25, 0.3) is 0 Å². The molecule has 0 amide bonds. The molecule has 84 valence electrons. The van der Waals surface area contributed by atoms with Gasteiger partial charge in [0.1, 0.15) is 0 Å². The Morgan fingerprint density at radius 1 is 1.12 bits per heavy atom. The number of rotatable bonds is 0. The van der Waals surface area contributed by atoms with Gasteiger partial charge >= 0.3 is 0 Å². The van der Waals surface area contributed by atoms with E-state index in [0.717, 1.165) is 29.3 Å². The summed E-state index contributed by atoms with van der Waals surface area (Å²) >= 11 is 3.84. The van der Waals surface area contributed by atoms with Crippen LogP contribution in [0.25, 0.3) is 20.9 Å². The summed E-state index contributed by atoms with van der Waals surface area (Å²) in [5.74, 6) is 0. The minimum Gasteiger partial charge on any atom is -0.288 e. The van der Waals surface area contributed by atoms with Crippen molar-refractivity contribution in [3.8, 4) is 0 Å². The topological polar surface area (TPSA) is 17.1 Å². The van der Waals surface area contributed by atoms with Crippen molar-refractivity contribution in [2.45, 2.75) is 6.92 Å². The average Bonchev–Trinajstić information content (AvgIpc) is 2.35. The van der Waals surface area contributed by atoms with E-state index in [1.165, 1.54) is 0 Å². The van der Waals surface area contributed by atoms with Gasteiger partial charge in [-0.25, -0.2) is 0 Å². The van der Waals surface area contributed by atoms with E-state index in [2.05, 4.69) is 28.7 Å². The molecule has 0 aliphatic carbocycles. The molecule has 17 heavy (non-hydrogen) atoms. The molecule has 0 radical (unpaired) electrons. The van der Waals surface area contributed by atoms with Crippen LogP contribution in [0.4, 0.5) is 0 Å². The molecule has 0 saturated carbocycles. The van der Waals surface area contributed by atoms with E-state index in [-0.39, 0.29) is 5.43 Å². The third-order valence-electron chi connectivity index (χ3n) is 2.89. The van der Waals surface area contributed by atoms with E-state index in [1.54, 1.807) is 11.3 Å². The summed E-state index contributed by atoms with van der Waals surface area (Å²) in [6, 6.07) is 12.2. The van der Waals surface area contributed by atoms with Crippen LogP contribution in [0.5, 0.6) is 0 Å². The molecule has 1 aromatic heterocycles. The number of aryl methyl sites for hydroxylation is 1. The fraction of sp³-hybridized carbons (Fsp3) is 0.0714. The van der Waals surface area contributed by atoms with Crippen LogP contribution < -0.4 is 5.43 Å². The monoisotopic (exact) mass is 352 g/mol. The molecule has 0 saturated heterocycles. The zero-order valence-corrected chi connectivity index (χ0v) is 12.1. The fourth-order valence-corrected chi connectivity index (χ4v) is 3.60. The molecule has 0 aliphatic rings. The van der Waals surface area contributed by atoms with Gasteiger partial charge in [0.05, 0.1) is 3.57 Å². The molecule has 0 bridgehead atoms. The Labute approximate surface area is 116 Å². The molecule has 3 rings (SSSR count). The predicted molar refractivity (Wildman–Crippen MR) is 83.1 cm³/mol. The highest BCUT2D eigenvalue weighted by Crippen LogP contribution is 2.28. The van der Waals surface area contributed by atoms with Crippen molar-refractivity contribution in [3.63, 3.8) is 0 Å². The van der Waals surface area contributed by atoms with Crippen LogP contribution in [0.1, 0.15) is 4.88 Å². The number of hydrogen-bond acceptors (Lipinski definition) is 2. The van der Waals surface area contributed by atoms with Crippen molar-refractivity contribution >= 4 is 54.8 Å². The van der Waals surface area contributed by atoms with Gasteiger partial charge in [-0.2, -0.15) is 0 Å². The van der Waals surface area contributed by atoms with Crippen LogP contribution in [0.15, 0.2) is 41.2 Å². The second kappa shape index (κ2) is 4.07. The molecule has 1 nitrogen and oxygen atoms in total. The maximum atomic E-state index is 12.4. The molecule has 0 N–H and O–H groups in total. The normalized spacial score (nSPS) is 11.2. The summed E-state index contributed by atoms with van der Waals surface area (Å²) in [5, 5.41) is 3.05. The minimum atomic E-state index is 0.161. The van der Waals surface area contributed by atoms with E-state index < -0.39 is 0 Å². The van der Waals surface area contributed by atoms with E-state index in [4.69, 9.17) is 0 Å². The first-order chi connectivity index (χ1) is 8.18. The zero-order valence-electron chi connectivity index (χ0n) is 9.16. The first-order valence-corrected chi connectivity index (χ1v) is 7.18. The molecule has 0 spiro atoms. The van der Waals surface area contributed by atoms with Gasteiger partial charge in [-0.1, -0.05) is 30.3 Å². The van der Waals surface area contributed by atoms with Crippen molar-refractivity contribution in [1.82, 2.24) is 0 Å². The SMILES string of the molecule is Cc1sc2ccc3ccccc3c2c(=O)c1I. The quantitative estimate of drug-likeness (QED) is 0.435. The van der Waals surface area contributed by atoms with Crippen molar-refractivity contribution in [2.24, 2.45) is 0 Å². The predicted octanol–water partition coefficient (Wildman–Crippen LogP) is 4.33.